The molecule has 21 heavy (non-hydrogen) atoms. The minimum Gasteiger partial charge on any atom is -0.466 e. The SMILES string of the molecule is COC(=O)C1=C(C)Nc2ncnn2C1c1ccc(C)cc1. The van der Waals surface area contributed by atoms with Crippen LogP contribution in [0, 0.1) is 6.92 Å². The monoisotopic (exact) mass is 284 g/mol. The lowest BCUT2D eigenvalue weighted by Gasteiger charge is -2.27. The number of hydrogen-bond donors (Lipinski definition) is 1. The fourth-order valence-electron chi connectivity index (χ4n) is 2.52. The van der Waals surface area contributed by atoms with E-state index in [0.29, 0.717) is 11.5 Å². The predicted molar refractivity (Wildman–Crippen MR) is 77.7 cm³/mol. The van der Waals surface area contributed by atoms with Gasteiger partial charge in [0.25, 0.3) is 0 Å². The number of esters is 1. The zero-order valence-electron chi connectivity index (χ0n) is 12.1. The molecule has 3 rings (SSSR count). The van der Waals surface area contributed by atoms with Crippen molar-refractivity contribution in [2.75, 3.05) is 12.4 Å². The van der Waals surface area contributed by atoms with Gasteiger partial charge >= 0.3 is 5.97 Å². The van der Waals surface area contributed by atoms with E-state index < -0.39 is 0 Å². The van der Waals surface area contributed by atoms with E-state index in [1.807, 2.05) is 38.1 Å². The molecule has 0 saturated carbocycles. The van der Waals surface area contributed by atoms with Crippen LogP contribution in [0.4, 0.5) is 5.95 Å². The summed E-state index contributed by atoms with van der Waals surface area (Å²) < 4.78 is 6.63. The van der Waals surface area contributed by atoms with Gasteiger partial charge in [-0.2, -0.15) is 10.1 Å². The number of benzene rings is 1. The Kier molecular flexibility index (Phi) is 3.21. The molecule has 0 spiro atoms. The zero-order valence-corrected chi connectivity index (χ0v) is 12.1. The highest BCUT2D eigenvalue weighted by molar-refractivity contribution is 5.92. The summed E-state index contributed by atoms with van der Waals surface area (Å²) in [5.74, 6) is 0.248. The summed E-state index contributed by atoms with van der Waals surface area (Å²) >= 11 is 0. The van der Waals surface area contributed by atoms with Crippen molar-refractivity contribution in [1.82, 2.24) is 14.8 Å². The molecule has 1 aliphatic rings. The maximum absolute atomic E-state index is 12.2. The lowest BCUT2D eigenvalue weighted by molar-refractivity contribution is -0.136. The van der Waals surface area contributed by atoms with Crippen LogP contribution in [-0.4, -0.2) is 27.8 Å². The number of nitrogens with one attached hydrogen (secondary N) is 1. The van der Waals surface area contributed by atoms with E-state index in [0.717, 1.165) is 16.8 Å². The summed E-state index contributed by atoms with van der Waals surface area (Å²) in [5, 5.41) is 7.32. The van der Waals surface area contributed by atoms with Crippen LogP contribution in [-0.2, 0) is 9.53 Å². The molecule has 1 aromatic heterocycles. The molecule has 0 aliphatic carbocycles. The summed E-state index contributed by atoms with van der Waals surface area (Å²) in [6.07, 6.45) is 1.47. The molecule has 2 heterocycles. The lowest BCUT2D eigenvalue weighted by Crippen LogP contribution is -2.29. The van der Waals surface area contributed by atoms with Crippen LogP contribution in [0.15, 0.2) is 41.9 Å². The van der Waals surface area contributed by atoms with E-state index in [4.69, 9.17) is 4.74 Å². The van der Waals surface area contributed by atoms with Gasteiger partial charge in [-0.25, -0.2) is 9.48 Å². The first-order valence-electron chi connectivity index (χ1n) is 6.64. The number of methoxy groups -OCH3 is 1. The van der Waals surface area contributed by atoms with Crippen molar-refractivity contribution >= 4 is 11.9 Å². The van der Waals surface area contributed by atoms with Gasteiger partial charge in [-0.15, -0.1) is 0 Å². The second-order valence-corrected chi connectivity index (χ2v) is 5.00. The van der Waals surface area contributed by atoms with Gasteiger partial charge < -0.3 is 10.1 Å². The topological polar surface area (TPSA) is 69.0 Å². The number of aromatic nitrogens is 3. The van der Waals surface area contributed by atoms with E-state index in [9.17, 15) is 4.79 Å². The van der Waals surface area contributed by atoms with Gasteiger partial charge in [-0.05, 0) is 19.4 Å². The third-order valence-corrected chi connectivity index (χ3v) is 3.59. The molecule has 1 aromatic carbocycles. The quantitative estimate of drug-likeness (QED) is 0.855. The molecule has 0 saturated heterocycles. The van der Waals surface area contributed by atoms with Gasteiger partial charge in [0, 0.05) is 5.70 Å². The average molecular weight is 284 g/mol. The van der Waals surface area contributed by atoms with Crippen molar-refractivity contribution in [3.05, 3.63) is 53.0 Å². The second kappa shape index (κ2) is 5.05. The smallest absolute Gasteiger partial charge is 0.338 e. The van der Waals surface area contributed by atoms with Crippen molar-refractivity contribution < 1.29 is 9.53 Å². The van der Waals surface area contributed by atoms with Gasteiger partial charge in [-0.1, -0.05) is 29.8 Å². The summed E-state index contributed by atoms with van der Waals surface area (Å²) in [7, 11) is 1.38. The van der Waals surface area contributed by atoms with E-state index in [1.165, 1.54) is 13.4 Å². The van der Waals surface area contributed by atoms with Crippen molar-refractivity contribution in [2.24, 2.45) is 0 Å². The number of rotatable bonds is 2. The number of fused-ring (bicyclic) bond motifs is 1. The van der Waals surface area contributed by atoms with Crippen LogP contribution < -0.4 is 5.32 Å². The lowest BCUT2D eigenvalue weighted by atomic mass is 9.95. The molecule has 0 bridgehead atoms. The van der Waals surface area contributed by atoms with Crippen LogP contribution in [0.5, 0.6) is 0 Å². The maximum Gasteiger partial charge on any atom is 0.338 e. The molecule has 6 heteroatoms. The summed E-state index contributed by atoms with van der Waals surface area (Å²) in [4.78, 5) is 16.4. The average Bonchev–Trinajstić information content (AvgIpc) is 2.94. The Labute approximate surface area is 122 Å². The molecule has 1 N–H and O–H groups in total. The molecule has 6 nitrogen and oxygen atoms in total. The molecule has 0 fully saturated rings. The van der Waals surface area contributed by atoms with Crippen LogP contribution >= 0.6 is 0 Å². The molecule has 0 radical (unpaired) electrons. The Morgan fingerprint density at radius 2 is 2.00 bits per heavy atom. The maximum atomic E-state index is 12.2. The third-order valence-electron chi connectivity index (χ3n) is 3.59. The van der Waals surface area contributed by atoms with Gasteiger partial charge in [0.05, 0.1) is 12.7 Å². The molecule has 2 aromatic rings. The standard InChI is InChI=1S/C15H16N4O2/c1-9-4-6-11(7-5-9)13-12(14(20)21-3)10(2)18-15-16-8-17-19(13)15/h4-8,13H,1-3H3,(H,16,17,18). The Hall–Kier alpha value is -2.63. The Bertz CT molecular complexity index is 716. The highest BCUT2D eigenvalue weighted by Gasteiger charge is 2.33. The minimum absolute atomic E-state index is 0.336. The highest BCUT2D eigenvalue weighted by Crippen LogP contribution is 2.34. The van der Waals surface area contributed by atoms with E-state index in [-0.39, 0.29) is 12.0 Å². The van der Waals surface area contributed by atoms with Crippen molar-refractivity contribution in [2.45, 2.75) is 19.9 Å². The number of aryl methyl sites for hydroxylation is 1. The first-order chi connectivity index (χ1) is 10.1. The summed E-state index contributed by atoms with van der Waals surface area (Å²) in [6, 6.07) is 7.67. The van der Waals surface area contributed by atoms with E-state index in [1.54, 1.807) is 4.68 Å². The number of nitrogens with zero attached hydrogens (tertiary/aromatic N) is 3. The predicted octanol–water partition coefficient (Wildman–Crippen LogP) is 2.05. The number of carbonyl (C=O) groups is 1. The largest absolute Gasteiger partial charge is 0.466 e. The van der Waals surface area contributed by atoms with Crippen molar-refractivity contribution in [3.8, 4) is 0 Å². The highest BCUT2D eigenvalue weighted by atomic mass is 16.5. The number of anilines is 1. The first-order valence-corrected chi connectivity index (χ1v) is 6.64. The minimum atomic E-state index is -0.369. The molecule has 108 valence electrons. The summed E-state index contributed by atoms with van der Waals surface area (Å²) in [5.41, 5.74) is 3.40. The van der Waals surface area contributed by atoms with Crippen LogP contribution in [0.3, 0.4) is 0 Å². The molecule has 1 unspecified atom stereocenters. The molecule has 1 atom stereocenters. The van der Waals surface area contributed by atoms with Crippen molar-refractivity contribution in [1.29, 1.82) is 0 Å². The van der Waals surface area contributed by atoms with Crippen LogP contribution in [0.2, 0.25) is 0 Å². The normalized spacial score (nSPS) is 17.2. The summed E-state index contributed by atoms with van der Waals surface area (Å²) in [6.45, 7) is 3.86. The van der Waals surface area contributed by atoms with Crippen LogP contribution in [0.1, 0.15) is 24.1 Å². The Morgan fingerprint density at radius 1 is 1.29 bits per heavy atom. The van der Waals surface area contributed by atoms with Gasteiger partial charge in [-0.3, -0.25) is 0 Å². The third kappa shape index (κ3) is 2.18. The number of carbonyl (C=O) groups excluding carboxylic acids is 1. The van der Waals surface area contributed by atoms with E-state index in [2.05, 4.69) is 15.4 Å². The molecule has 1 aliphatic heterocycles. The fourth-order valence-corrected chi connectivity index (χ4v) is 2.52. The second-order valence-electron chi connectivity index (χ2n) is 5.00. The Morgan fingerprint density at radius 3 is 2.67 bits per heavy atom. The molecular weight excluding hydrogens is 268 g/mol. The van der Waals surface area contributed by atoms with Gasteiger partial charge in [0.1, 0.15) is 12.4 Å². The fraction of sp³-hybridized carbons (Fsp3) is 0.267. The van der Waals surface area contributed by atoms with Crippen LogP contribution in [0.25, 0.3) is 0 Å². The van der Waals surface area contributed by atoms with Gasteiger partial charge in [0.15, 0.2) is 0 Å². The number of ether oxygens (including phenoxy) is 1. The van der Waals surface area contributed by atoms with Crippen molar-refractivity contribution in [3.63, 3.8) is 0 Å². The zero-order chi connectivity index (χ0) is 15.0. The molecule has 0 amide bonds. The number of allylic oxidation sites excluding steroid dienone is 1. The first kappa shape index (κ1) is 13.4. The molecular formula is C15H16N4O2. The van der Waals surface area contributed by atoms with E-state index >= 15 is 0 Å². The van der Waals surface area contributed by atoms with Gasteiger partial charge in [0.2, 0.25) is 5.95 Å². The number of hydrogen-bond acceptors (Lipinski definition) is 5. The Balaban J connectivity index is 2.17.